The summed E-state index contributed by atoms with van der Waals surface area (Å²) in [7, 11) is 0. The van der Waals surface area contributed by atoms with Crippen LogP contribution in [0, 0.1) is 11.3 Å². The van der Waals surface area contributed by atoms with Crippen molar-refractivity contribution in [2.45, 2.75) is 27.2 Å². The number of aliphatic hydroxyl groups is 2. The van der Waals surface area contributed by atoms with Gasteiger partial charge in [-0.3, -0.25) is 4.79 Å². The molecule has 0 aliphatic heterocycles. The fourth-order valence-corrected chi connectivity index (χ4v) is 0.858. The van der Waals surface area contributed by atoms with Crippen molar-refractivity contribution in [3.63, 3.8) is 0 Å². The van der Waals surface area contributed by atoms with Crippen LogP contribution in [0.3, 0.4) is 0 Å². The topological polar surface area (TPSA) is 66.8 Å². The third kappa shape index (κ3) is 3.64. The standard InChI is InChI=1S/C10H20O4/c1-4-10(5-11,6-12)7-14-9(13)8(2)3/h8,11-12H,4-7H2,1-3H3. The third-order valence-electron chi connectivity index (χ3n) is 2.41. The molecule has 0 unspecified atom stereocenters. The molecular weight excluding hydrogens is 184 g/mol. The van der Waals surface area contributed by atoms with Gasteiger partial charge in [0.05, 0.1) is 24.5 Å². The van der Waals surface area contributed by atoms with Crippen molar-refractivity contribution in [3.05, 3.63) is 0 Å². The van der Waals surface area contributed by atoms with Gasteiger partial charge in [0, 0.05) is 0 Å². The smallest absolute Gasteiger partial charge is 0.308 e. The normalized spacial score (nSPS) is 11.9. The molecule has 0 rings (SSSR count). The van der Waals surface area contributed by atoms with Gasteiger partial charge in [-0.25, -0.2) is 0 Å². The molecule has 0 spiro atoms. The van der Waals surface area contributed by atoms with Crippen molar-refractivity contribution >= 4 is 5.97 Å². The van der Waals surface area contributed by atoms with E-state index in [0.29, 0.717) is 6.42 Å². The Morgan fingerprint density at radius 3 is 2.14 bits per heavy atom. The average Bonchev–Trinajstić information content (AvgIpc) is 2.20. The van der Waals surface area contributed by atoms with Crippen LogP contribution in [0.15, 0.2) is 0 Å². The quantitative estimate of drug-likeness (QED) is 0.621. The second-order valence-corrected chi connectivity index (χ2v) is 3.93. The van der Waals surface area contributed by atoms with Crippen molar-refractivity contribution in [1.82, 2.24) is 0 Å². The van der Waals surface area contributed by atoms with Gasteiger partial charge in [0.15, 0.2) is 0 Å². The first-order chi connectivity index (χ1) is 6.51. The molecule has 0 aromatic carbocycles. The van der Waals surface area contributed by atoms with Crippen LogP contribution in [-0.2, 0) is 9.53 Å². The second kappa shape index (κ2) is 5.98. The minimum atomic E-state index is -0.690. The van der Waals surface area contributed by atoms with Crippen molar-refractivity contribution in [3.8, 4) is 0 Å². The molecule has 0 aliphatic carbocycles. The van der Waals surface area contributed by atoms with Gasteiger partial charge in [0.2, 0.25) is 0 Å². The maximum Gasteiger partial charge on any atom is 0.308 e. The Hall–Kier alpha value is -0.610. The maximum absolute atomic E-state index is 11.2. The zero-order valence-corrected chi connectivity index (χ0v) is 9.12. The molecule has 4 nitrogen and oxygen atoms in total. The zero-order valence-electron chi connectivity index (χ0n) is 9.12. The highest BCUT2D eigenvalue weighted by Gasteiger charge is 2.28. The summed E-state index contributed by atoms with van der Waals surface area (Å²) in [6.45, 7) is 5.06. The van der Waals surface area contributed by atoms with Crippen molar-refractivity contribution in [2.75, 3.05) is 19.8 Å². The molecule has 0 amide bonds. The van der Waals surface area contributed by atoms with Crippen molar-refractivity contribution in [1.29, 1.82) is 0 Å². The minimum absolute atomic E-state index is 0.0769. The van der Waals surface area contributed by atoms with Crippen LogP contribution in [0.1, 0.15) is 27.2 Å². The summed E-state index contributed by atoms with van der Waals surface area (Å²) in [5.74, 6) is -0.480. The van der Waals surface area contributed by atoms with E-state index in [4.69, 9.17) is 14.9 Å². The molecule has 0 bridgehead atoms. The predicted molar refractivity (Wildman–Crippen MR) is 52.7 cm³/mol. The lowest BCUT2D eigenvalue weighted by Crippen LogP contribution is -2.35. The molecule has 0 aromatic heterocycles. The van der Waals surface area contributed by atoms with Crippen molar-refractivity contribution in [2.24, 2.45) is 11.3 Å². The van der Waals surface area contributed by atoms with Crippen LogP contribution in [-0.4, -0.2) is 36.0 Å². The van der Waals surface area contributed by atoms with Crippen LogP contribution >= 0.6 is 0 Å². The first-order valence-electron chi connectivity index (χ1n) is 4.89. The summed E-state index contributed by atoms with van der Waals surface area (Å²) < 4.78 is 4.98. The highest BCUT2D eigenvalue weighted by atomic mass is 16.5. The lowest BCUT2D eigenvalue weighted by atomic mass is 9.88. The predicted octanol–water partition coefficient (Wildman–Crippen LogP) is 0.567. The van der Waals surface area contributed by atoms with Gasteiger partial charge in [-0.1, -0.05) is 20.8 Å². The summed E-state index contributed by atoms with van der Waals surface area (Å²) >= 11 is 0. The van der Waals surface area contributed by atoms with Gasteiger partial charge in [0.1, 0.15) is 6.61 Å². The fraction of sp³-hybridized carbons (Fsp3) is 0.900. The Morgan fingerprint density at radius 1 is 1.36 bits per heavy atom. The van der Waals surface area contributed by atoms with Crippen LogP contribution in [0.4, 0.5) is 0 Å². The molecule has 0 heterocycles. The number of ether oxygens (including phenoxy) is 1. The minimum Gasteiger partial charge on any atom is -0.465 e. The molecule has 84 valence electrons. The van der Waals surface area contributed by atoms with Crippen LogP contribution < -0.4 is 0 Å². The molecule has 2 N–H and O–H groups in total. The Bertz CT molecular complexity index is 165. The van der Waals surface area contributed by atoms with E-state index in [9.17, 15) is 4.79 Å². The number of rotatable bonds is 6. The first kappa shape index (κ1) is 13.4. The summed E-state index contributed by atoms with van der Waals surface area (Å²) in [4.78, 5) is 11.2. The van der Waals surface area contributed by atoms with E-state index in [1.165, 1.54) is 0 Å². The molecule has 0 aliphatic rings. The molecule has 0 atom stereocenters. The number of hydrogen-bond donors (Lipinski definition) is 2. The first-order valence-corrected chi connectivity index (χ1v) is 4.89. The second-order valence-electron chi connectivity index (χ2n) is 3.93. The highest BCUT2D eigenvalue weighted by molar-refractivity contribution is 5.71. The maximum atomic E-state index is 11.2. The van der Waals surface area contributed by atoms with Crippen molar-refractivity contribution < 1.29 is 19.7 Å². The zero-order chi connectivity index (χ0) is 11.2. The van der Waals surface area contributed by atoms with E-state index in [0.717, 1.165) is 0 Å². The molecule has 4 heteroatoms. The third-order valence-corrected chi connectivity index (χ3v) is 2.41. The van der Waals surface area contributed by atoms with E-state index in [-0.39, 0.29) is 31.7 Å². The number of esters is 1. The van der Waals surface area contributed by atoms with Gasteiger partial charge < -0.3 is 14.9 Å². The Kier molecular flexibility index (Phi) is 5.72. The van der Waals surface area contributed by atoms with Gasteiger partial charge in [-0.15, -0.1) is 0 Å². The number of carbonyl (C=O) groups is 1. The van der Waals surface area contributed by atoms with E-state index in [2.05, 4.69) is 0 Å². The fourth-order valence-electron chi connectivity index (χ4n) is 0.858. The van der Waals surface area contributed by atoms with Gasteiger partial charge in [-0.2, -0.15) is 0 Å². The largest absolute Gasteiger partial charge is 0.465 e. The van der Waals surface area contributed by atoms with E-state index in [1.54, 1.807) is 13.8 Å². The molecule has 0 fully saturated rings. The van der Waals surface area contributed by atoms with E-state index < -0.39 is 5.41 Å². The van der Waals surface area contributed by atoms with Gasteiger partial charge in [-0.05, 0) is 6.42 Å². The molecule has 0 aromatic rings. The Balaban J connectivity index is 4.12. The summed E-state index contributed by atoms with van der Waals surface area (Å²) in [6, 6.07) is 0. The van der Waals surface area contributed by atoms with Crippen LogP contribution in [0.25, 0.3) is 0 Å². The highest BCUT2D eigenvalue weighted by Crippen LogP contribution is 2.21. The monoisotopic (exact) mass is 204 g/mol. The lowest BCUT2D eigenvalue weighted by Gasteiger charge is -2.27. The SMILES string of the molecule is CCC(CO)(CO)COC(=O)C(C)C. The van der Waals surface area contributed by atoms with Crippen LogP contribution in [0.5, 0.6) is 0 Å². The Morgan fingerprint density at radius 2 is 1.86 bits per heavy atom. The molecular formula is C10H20O4. The average molecular weight is 204 g/mol. The van der Waals surface area contributed by atoms with Gasteiger partial charge in [0.25, 0.3) is 0 Å². The molecule has 0 radical (unpaired) electrons. The summed E-state index contributed by atoms with van der Waals surface area (Å²) in [5.41, 5.74) is -0.690. The molecule has 0 saturated heterocycles. The number of carbonyl (C=O) groups excluding carboxylic acids is 1. The van der Waals surface area contributed by atoms with Gasteiger partial charge >= 0.3 is 5.97 Å². The number of aliphatic hydroxyl groups excluding tert-OH is 2. The molecule has 0 saturated carbocycles. The molecule has 14 heavy (non-hydrogen) atoms. The van der Waals surface area contributed by atoms with E-state index >= 15 is 0 Å². The van der Waals surface area contributed by atoms with Crippen LogP contribution in [0.2, 0.25) is 0 Å². The summed E-state index contributed by atoms with van der Waals surface area (Å²) in [6.07, 6.45) is 0.575. The number of hydrogen-bond acceptors (Lipinski definition) is 4. The summed E-state index contributed by atoms with van der Waals surface area (Å²) in [5, 5.41) is 18.2. The Labute approximate surface area is 84.9 Å². The van der Waals surface area contributed by atoms with E-state index in [1.807, 2.05) is 6.92 Å². The lowest BCUT2D eigenvalue weighted by molar-refractivity contribution is -0.153.